The molecule has 0 aromatic rings. The standard InChI is InChI=1S/C6H11NO3.C2HF3O2/c1-4(8)2-3-5(7)6(9)10;3-2(4,5)1(6)7/h5H,2-3,7H2,1H3,(H,9,10);(H,6,7)/t5-;/m0./s1. The molecular formula is C8H12F3NO5. The molecule has 0 bridgehead atoms. The van der Waals surface area contributed by atoms with Gasteiger partial charge in [-0.25, -0.2) is 4.79 Å². The van der Waals surface area contributed by atoms with Crippen LogP contribution in [0.3, 0.4) is 0 Å². The van der Waals surface area contributed by atoms with Gasteiger partial charge in [-0.05, 0) is 13.3 Å². The van der Waals surface area contributed by atoms with Crippen LogP contribution in [0, 0.1) is 0 Å². The van der Waals surface area contributed by atoms with Gasteiger partial charge in [0.2, 0.25) is 0 Å². The number of nitrogens with two attached hydrogens (primary N) is 1. The van der Waals surface area contributed by atoms with E-state index in [1.54, 1.807) is 0 Å². The molecule has 0 aliphatic carbocycles. The summed E-state index contributed by atoms with van der Waals surface area (Å²) in [6.45, 7) is 1.41. The van der Waals surface area contributed by atoms with Crippen LogP contribution < -0.4 is 5.73 Å². The minimum atomic E-state index is -5.08. The first-order valence-corrected chi connectivity index (χ1v) is 4.26. The van der Waals surface area contributed by atoms with E-state index in [2.05, 4.69) is 0 Å². The third-order valence-electron chi connectivity index (χ3n) is 1.37. The van der Waals surface area contributed by atoms with E-state index < -0.39 is 24.2 Å². The van der Waals surface area contributed by atoms with Crippen molar-refractivity contribution in [3.8, 4) is 0 Å². The summed E-state index contributed by atoms with van der Waals surface area (Å²) in [5.74, 6) is -3.84. The molecule has 0 fully saturated rings. The Bertz CT molecular complexity index is 289. The average Bonchev–Trinajstić information content (AvgIpc) is 2.13. The van der Waals surface area contributed by atoms with Gasteiger partial charge in [0, 0.05) is 6.42 Å². The van der Waals surface area contributed by atoms with Gasteiger partial charge in [0.25, 0.3) is 0 Å². The van der Waals surface area contributed by atoms with Gasteiger partial charge in [0.15, 0.2) is 0 Å². The molecule has 1 atom stereocenters. The molecule has 0 heterocycles. The monoisotopic (exact) mass is 259 g/mol. The van der Waals surface area contributed by atoms with E-state index in [0.717, 1.165) is 0 Å². The first-order valence-electron chi connectivity index (χ1n) is 4.26. The maximum Gasteiger partial charge on any atom is 0.490 e. The van der Waals surface area contributed by atoms with Crippen molar-refractivity contribution in [3.05, 3.63) is 0 Å². The van der Waals surface area contributed by atoms with Crippen LogP contribution in [0.2, 0.25) is 0 Å². The maximum atomic E-state index is 10.6. The highest BCUT2D eigenvalue weighted by atomic mass is 19.4. The van der Waals surface area contributed by atoms with Crippen LogP contribution in [0.15, 0.2) is 0 Å². The molecule has 0 aromatic carbocycles. The van der Waals surface area contributed by atoms with Gasteiger partial charge in [0.1, 0.15) is 11.8 Å². The SMILES string of the molecule is CC(=O)CC[C@H](N)C(=O)O.O=C(O)C(F)(F)F. The third-order valence-corrected chi connectivity index (χ3v) is 1.37. The average molecular weight is 259 g/mol. The third kappa shape index (κ3) is 12.3. The van der Waals surface area contributed by atoms with Crippen LogP contribution in [0.1, 0.15) is 19.8 Å². The van der Waals surface area contributed by atoms with Crippen LogP contribution in [0.25, 0.3) is 0 Å². The Hall–Kier alpha value is -1.64. The van der Waals surface area contributed by atoms with Crippen molar-refractivity contribution in [3.63, 3.8) is 0 Å². The van der Waals surface area contributed by atoms with E-state index in [-0.39, 0.29) is 18.6 Å². The number of aliphatic carboxylic acids is 2. The first kappa shape index (κ1) is 17.7. The summed E-state index contributed by atoms with van der Waals surface area (Å²) in [5, 5.41) is 15.4. The van der Waals surface area contributed by atoms with Gasteiger partial charge in [-0.2, -0.15) is 13.2 Å². The normalized spacial score (nSPS) is 12.1. The van der Waals surface area contributed by atoms with E-state index in [9.17, 15) is 22.8 Å². The predicted octanol–water partition coefficient (Wildman–Crippen LogP) is 0.401. The summed E-state index contributed by atoms with van der Waals surface area (Å²) in [4.78, 5) is 29.3. The molecule has 0 amide bonds. The molecule has 0 radical (unpaired) electrons. The van der Waals surface area contributed by atoms with E-state index >= 15 is 0 Å². The number of carbonyl (C=O) groups excluding carboxylic acids is 1. The molecule has 0 rings (SSSR count). The molecule has 4 N–H and O–H groups in total. The number of hydrogen-bond acceptors (Lipinski definition) is 4. The number of carboxylic acids is 2. The van der Waals surface area contributed by atoms with Crippen molar-refractivity contribution in [2.45, 2.75) is 32.0 Å². The smallest absolute Gasteiger partial charge is 0.480 e. The lowest BCUT2D eigenvalue weighted by Gasteiger charge is -2.02. The topological polar surface area (TPSA) is 118 Å². The van der Waals surface area contributed by atoms with Crippen molar-refractivity contribution >= 4 is 17.7 Å². The Labute approximate surface area is 94.2 Å². The quantitative estimate of drug-likeness (QED) is 0.672. The molecule has 9 heteroatoms. The number of halogens is 3. The molecule has 0 spiro atoms. The van der Waals surface area contributed by atoms with Gasteiger partial charge in [-0.1, -0.05) is 0 Å². The van der Waals surface area contributed by atoms with Gasteiger partial charge < -0.3 is 20.7 Å². The molecule has 0 aromatic heterocycles. The lowest BCUT2D eigenvalue weighted by molar-refractivity contribution is -0.192. The van der Waals surface area contributed by atoms with Crippen molar-refractivity contribution < 1.29 is 37.8 Å². The zero-order valence-electron chi connectivity index (χ0n) is 8.82. The largest absolute Gasteiger partial charge is 0.490 e. The lowest BCUT2D eigenvalue weighted by atomic mass is 10.1. The summed E-state index contributed by atoms with van der Waals surface area (Å²) < 4.78 is 31.7. The van der Waals surface area contributed by atoms with E-state index in [4.69, 9.17) is 20.7 Å². The number of carboxylic acid groups (broad SMARTS) is 2. The van der Waals surface area contributed by atoms with E-state index in [1.165, 1.54) is 6.92 Å². The molecule has 100 valence electrons. The van der Waals surface area contributed by atoms with Crippen LogP contribution in [-0.4, -0.2) is 40.2 Å². The molecule has 17 heavy (non-hydrogen) atoms. The Morgan fingerprint density at radius 3 is 1.76 bits per heavy atom. The number of carbonyl (C=O) groups is 3. The summed E-state index contributed by atoms with van der Waals surface area (Å²) in [5.41, 5.74) is 5.11. The predicted molar refractivity (Wildman–Crippen MR) is 49.2 cm³/mol. The molecule has 0 unspecified atom stereocenters. The Balaban J connectivity index is 0. The molecule has 0 aliphatic rings. The first-order chi connectivity index (χ1) is 7.48. The zero-order valence-corrected chi connectivity index (χ0v) is 8.82. The van der Waals surface area contributed by atoms with Crippen LogP contribution >= 0.6 is 0 Å². The second-order valence-corrected chi connectivity index (χ2v) is 2.99. The summed E-state index contributed by atoms with van der Waals surface area (Å²) in [6, 6.07) is -0.899. The van der Waals surface area contributed by atoms with Crippen LogP contribution in [0.5, 0.6) is 0 Å². The molecule has 6 nitrogen and oxygen atoms in total. The van der Waals surface area contributed by atoms with E-state index in [0.29, 0.717) is 0 Å². The number of hydrogen-bond donors (Lipinski definition) is 3. The molecular weight excluding hydrogens is 247 g/mol. The number of ketones is 1. The second kappa shape index (κ2) is 7.60. The molecule has 0 saturated heterocycles. The van der Waals surface area contributed by atoms with Crippen LogP contribution in [-0.2, 0) is 14.4 Å². The molecule has 0 aliphatic heterocycles. The lowest BCUT2D eigenvalue weighted by Crippen LogP contribution is -2.30. The van der Waals surface area contributed by atoms with Crippen molar-refractivity contribution in [2.24, 2.45) is 5.73 Å². The minimum Gasteiger partial charge on any atom is -0.480 e. The summed E-state index contributed by atoms with van der Waals surface area (Å²) in [6.07, 6.45) is -4.61. The zero-order chi connectivity index (χ0) is 14.2. The maximum absolute atomic E-state index is 10.6. The highest BCUT2D eigenvalue weighted by molar-refractivity contribution is 5.78. The number of rotatable bonds is 4. The van der Waals surface area contributed by atoms with Crippen LogP contribution in [0.4, 0.5) is 13.2 Å². The van der Waals surface area contributed by atoms with E-state index in [1.807, 2.05) is 0 Å². The van der Waals surface area contributed by atoms with Gasteiger partial charge in [-0.3, -0.25) is 4.79 Å². The van der Waals surface area contributed by atoms with Gasteiger partial charge in [-0.15, -0.1) is 0 Å². The fourth-order valence-corrected chi connectivity index (χ4v) is 0.482. The van der Waals surface area contributed by atoms with Crippen molar-refractivity contribution in [1.29, 1.82) is 0 Å². The van der Waals surface area contributed by atoms with Crippen molar-refractivity contribution in [1.82, 2.24) is 0 Å². The highest BCUT2D eigenvalue weighted by Gasteiger charge is 2.38. The van der Waals surface area contributed by atoms with Crippen molar-refractivity contribution in [2.75, 3.05) is 0 Å². The Kier molecular flexibility index (Phi) is 7.94. The second-order valence-electron chi connectivity index (χ2n) is 2.99. The summed E-state index contributed by atoms with van der Waals surface area (Å²) >= 11 is 0. The van der Waals surface area contributed by atoms with Gasteiger partial charge in [0.05, 0.1) is 0 Å². The number of Topliss-reactive ketones (excluding diaryl/α,β-unsaturated/α-hetero) is 1. The minimum absolute atomic E-state index is 0.0308. The summed E-state index contributed by atoms with van der Waals surface area (Å²) in [7, 11) is 0. The fraction of sp³-hybridized carbons (Fsp3) is 0.625. The Morgan fingerprint density at radius 1 is 1.24 bits per heavy atom. The van der Waals surface area contributed by atoms with Gasteiger partial charge >= 0.3 is 18.1 Å². The highest BCUT2D eigenvalue weighted by Crippen LogP contribution is 2.13. The number of alkyl halides is 3. The molecule has 0 saturated carbocycles. The Morgan fingerprint density at radius 2 is 1.59 bits per heavy atom. The fourth-order valence-electron chi connectivity index (χ4n) is 0.482.